The lowest BCUT2D eigenvalue weighted by atomic mass is 10.1. The van der Waals surface area contributed by atoms with Crippen LogP contribution in [-0.4, -0.2) is 34.6 Å². The number of rotatable bonds is 4. The van der Waals surface area contributed by atoms with Gasteiger partial charge < -0.3 is 9.72 Å². The van der Waals surface area contributed by atoms with Gasteiger partial charge in [0.25, 0.3) is 0 Å². The average Bonchev–Trinajstić information content (AvgIpc) is 2.84. The molecule has 0 aliphatic carbocycles. The molecule has 19 heavy (non-hydrogen) atoms. The summed E-state index contributed by atoms with van der Waals surface area (Å²) in [7, 11) is 0. The molecule has 0 radical (unpaired) electrons. The van der Waals surface area contributed by atoms with Crippen LogP contribution in [0.4, 0.5) is 4.39 Å². The molecule has 0 saturated heterocycles. The SMILES string of the molecule is CCOC(=O)c1ncc(F)c2c(C(=O)C=O)c[nH]c12. The van der Waals surface area contributed by atoms with E-state index in [0.29, 0.717) is 0 Å². The van der Waals surface area contributed by atoms with Gasteiger partial charge in [0, 0.05) is 6.20 Å². The van der Waals surface area contributed by atoms with E-state index in [4.69, 9.17) is 4.74 Å². The maximum atomic E-state index is 13.7. The summed E-state index contributed by atoms with van der Waals surface area (Å²) in [6.45, 7) is 1.76. The number of ketones is 1. The van der Waals surface area contributed by atoms with Gasteiger partial charge in [-0.3, -0.25) is 9.59 Å². The summed E-state index contributed by atoms with van der Waals surface area (Å²) in [5, 5.41) is -0.143. The number of aldehydes is 1. The van der Waals surface area contributed by atoms with Gasteiger partial charge >= 0.3 is 5.97 Å². The highest BCUT2D eigenvalue weighted by atomic mass is 19.1. The van der Waals surface area contributed by atoms with Crippen molar-refractivity contribution < 1.29 is 23.5 Å². The number of H-pyrrole nitrogens is 1. The Morgan fingerprint density at radius 2 is 2.26 bits per heavy atom. The van der Waals surface area contributed by atoms with E-state index in [1.807, 2.05) is 0 Å². The highest BCUT2D eigenvalue weighted by Crippen LogP contribution is 2.24. The summed E-state index contributed by atoms with van der Waals surface area (Å²) < 4.78 is 18.5. The van der Waals surface area contributed by atoms with E-state index in [2.05, 4.69) is 9.97 Å². The fourth-order valence-electron chi connectivity index (χ4n) is 1.72. The summed E-state index contributed by atoms with van der Waals surface area (Å²) in [5.74, 6) is -2.42. The molecule has 0 saturated carbocycles. The fraction of sp³-hybridized carbons (Fsp3) is 0.167. The van der Waals surface area contributed by atoms with Crippen molar-refractivity contribution in [2.24, 2.45) is 0 Å². The number of fused-ring (bicyclic) bond motifs is 1. The molecule has 0 aromatic carbocycles. The molecule has 0 amide bonds. The summed E-state index contributed by atoms with van der Waals surface area (Å²) in [4.78, 5) is 39.7. The van der Waals surface area contributed by atoms with Crippen LogP contribution in [0.5, 0.6) is 0 Å². The first kappa shape index (κ1) is 12.9. The number of halogens is 1. The third-order valence-electron chi connectivity index (χ3n) is 2.50. The second-order valence-corrected chi connectivity index (χ2v) is 3.61. The Morgan fingerprint density at radius 3 is 2.89 bits per heavy atom. The second kappa shape index (κ2) is 4.97. The maximum absolute atomic E-state index is 13.7. The van der Waals surface area contributed by atoms with Gasteiger partial charge in [0.1, 0.15) is 0 Å². The molecule has 7 heteroatoms. The first-order valence-electron chi connectivity index (χ1n) is 5.42. The van der Waals surface area contributed by atoms with E-state index < -0.39 is 17.6 Å². The quantitative estimate of drug-likeness (QED) is 0.388. The first-order valence-corrected chi connectivity index (χ1v) is 5.42. The fourth-order valence-corrected chi connectivity index (χ4v) is 1.72. The second-order valence-electron chi connectivity index (χ2n) is 3.61. The third kappa shape index (κ3) is 2.10. The van der Waals surface area contributed by atoms with Gasteiger partial charge in [-0.2, -0.15) is 0 Å². The van der Waals surface area contributed by atoms with Crippen LogP contribution in [0.3, 0.4) is 0 Å². The number of hydrogen-bond acceptors (Lipinski definition) is 5. The molecule has 0 unspecified atom stereocenters. The van der Waals surface area contributed by atoms with Crippen LogP contribution < -0.4 is 0 Å². The third-order valence-corrected chi connectivity index (χ3v) is 2.50. The molecule has 98 valence electrons. The Balaban J connectivity index is 2.68. The largest absolute Gasteiger partial charge is 0.461 e. The van der Waals surface area contributed by atoms with Crippen LogP contribution in [0.25, 0.3) is 10.9 Å². The number of nitrogens with one attached hydrogen (secondary N) is 1. The predicted octanol–water partition coefficient (Wildman–Crippen LogP) is 1.26. The number of nitrogens with zero attached hydrogens (tertiary/aromatic N) is 1. The molecule has 2 rings (SSSR count). The monoisotopic (exact) mass is 264 g/mol. The minimum atomic E-state index is -0.883. The number of ether oxygens (including phenoxy) is 1. The van der Waals surface area contributed by atoms with Gasteiger partial charge in [-0.15, -0.1) is 0 Å². The first-order chi connectivity index (χ1) is 9.10. The van der Waals surface area contributed by atoms with Crippen LogP contribution in [0.1, 0.15) is 27.8 Å². The van der Waals surface area contributed by atoms with Gasteiger partial charge in [-0.1, -0.05) is 0 Å². The van der Waals surface area contributed by atoms with Crippen LogP contribution >= 0.6 is 0 Å². The van der Waals surface area contributed by atoms with Crippen molar-refractivity contribution >= 4 is 28.9 Å². The minimum Gasteiger partial charge on any atom is -0.461 e. The summed E-state index contributed by atoms with van der Waals surface area (Å²) in [5.41, 5.74) is -0.248. The van der Waals surface area contributed by atoms with Gasteiger partial charge in [0.2, 0.25) is 5.78 Å². The molecular formula is C12H9FN2O4. The molecule has 6 nitrogen and oxygen atoms in total. The van der Waals surface area contributed by atoms with Crippen LogP contribution in [0.15, 0.2) is 12.4 Å². The number of aromatic nitrogens is 2. The van der Waals surface area contributed by atoms with Crippen molar-refractivity contribution in [3.05, 3.63) is 29.5 Å². The molecule has 2 heterocycles. The number of carbonyl (C=O) groups is 3. The predicted molar refractivity (Wildman–Crippen MR) is 62.4 cm³/mol. The summed E-state index contributed by atoms with van der Waals surface area (Å²) >= 11 is 0. The van der Waals surface area contributed by atoms with Crippen LogP contribution in [-0.2, 0) is 9.53 Å². The zero-order valence-electron chi connectivity index (χ0n) is 9.90. The maximum Gasteiger partial charge on any atom is 0.359 e. The van der Waals surface area contributed by atoms with Crippen LogP contribution in [0.2, 0.25) is 0 Å². The van der Waals surface area contributed by atoms with Crippen molar-refractivity contribution in [2.75, 3.05) is 6.61 Å². The average molecular weight is 264 g/mol. The van der Waals surface area contributed by atoms with Crippen molar-refractivity contribution in [3.63, 3.8) is 0 Å². The lowest BCUT2D eigenvalue weighted by Crippen LogP contribution is -2.08. The van der Waals surface area contributed by atoms with E-state index in [9.17, 15) is 18.8 Å². The number of aromatic amines is 1. The molecule has 0 aliphatic rings. The molecule has 2 aromatic rings. The van der Waals surface area contributed by atoms with Crippen molar-refractivity contribution in [1.82, 2.24) is 9.97 Å². The van der Waals surface area contributed by atoms with Crippen LogP contribution in [0, 0.1) is 5.82 Å². The molecule has 0 spiro atoms. The van der Waals surface area contributed by atoms with Gasteiger partial charge in [-0.25, -0.2) is 14.2 Å². The van der Waals surface area contributed by atoms with Crippen molar-refractivity contribution in [3.8, 4) is 0 Å². The van der Waals surface area contributed by atoms with Crippen molar-refractivity contribution in [2.45, 2.75) is 6.92 Å². The number of carbonyl (C=O) groups excluding carboxylic acids is 3. The number of hydrogen-bond donors (Lipinski definition) is 1. The number of esters is 1. The smallest absolute Gasteiger partial charge is 0.359 e. The number of Topliss-reactive ketones (excluding diaryl/α,β-unsaturated/α-hetero) is 1. The standard InChI is InChI=1S/C12H9FN2O4/c1-2-19-12(18)11-10-9(7(13)4-15-11)6(3-14-10)8(17)5-16/h3-5,14H,2H2,1H3. The Bertz CT molecular complexity index is 678. The molecule has 0 fully saturated rings. The molecule has 0 atom stereocenters. The normalized spacial score (nSPS) is 10.4. The Labute approximate surface area is 106 Å². The minimum absolute atomic E-state index is 0.0312. The molecule has 0 aliphatic heterocycles. The molecule has 2 aromatic heterocycles. The van der Waals surface area contributed by atoms with E-state index in [0.717, 1.165) is 12.4 Å². The number of pyridine rings is 1. The van der Waals surface area contributed by atoms with E-state index >= 15 is 0 Å². The van der Waals surface area contributed by atoms with Gasteiger partial charge in [0.05, 0.1) is 29.3 Å². The lowest BCUT2D eigenvalue weighted by Gasteiger charge is -2.03. The van der Waals surface area contributed by atoms with E-state index in [1.165, 1.54) is 0 Å². The van der Waals surface area contributed by atoms with Crippen molar-refractivity contribution in [1.29, 1.82) is 0 Å². The zero-order valence-corrected chi connectivity index (χ0v) is 9.90. The Hall–Kier alpha value is -2.57. The van der Waals surface area contributed by atoms with E-state index in [1.54, 1.807) is 6.92 Å². The summed E-state index contributed by atoms with van der Waals surface area (Å²) in [6, 6.07) is 0. The highest BCUT2D eigenvalue weighted by molar-refractivity contribution is 6.36. The Morgan fingerprint density at radius 1 is 1.53 bits per heavy atom. The van der Waals surface area contributed by atoms with Gasteiger partial charge in [-0.05, 0) is 6.92 Å². The lowest BCUT2D eigenvalue weighted by molar-refractivity contribution is -0.104. The van der Waals surface area contributed by atoms with E-state index in [-0.39, 0.29) is 35.1 Å². The van der Waals surface area contributed by atoms with Gasteiger partial charge in [0.15, 0.2) is 17.8 Å². The summed E-state index contributed by atoms with van der Waals surface area (Å²) in [6.07, 6.45) is 2.05. The Kier molecular flexibility index (Phi) is 3.37. The topological polar surface area (TPSA) is 89.1 Å². The zero-order chi connectivity index (χ0) is 14.0. The molecule has 0 bridgehead atoms. The highest BCUT2D eigenvalue weighted by Gasteiger charge is 2.21. The molecule has 1 N–H and O–H groups in total. The molecular weight excluding hydrogens is 255 g/mol.